The maximum Gasteiger partial charge on any atom is 0.0133 e. The van der Waals surface area contributed by atoms with E-state index in [0.29, 0.717) is 5.54 Å². The molecule has 0 aromatic rings. The molecule has 1 aliphatic rings. The van der Waals surface area contributed by atoms with Crippen molar-refractivity contribution in [2.24, 2.45) is 5.92 Å². The van der Waals surface area contributed by atoms with E-state index in [0.717, 1.165) is 11.2 Å². The molecule has 0 aliphatic heterocycles. The topological polar surface area (TPSA) is 12.0 Å². The monoisotopic (exact) mass is 233 g/mol. The first kappa shape index (κ1) is 10.5. The van der Waals surface area contributed by atoms with Crippen LogP contribution >= 0.6 is 15.9 Å². The highest BCUT2D eigenvalue weighted by molar-refractivity contribution is 9.09. The summed E-state index contributed by atoms with van der Waals surface area (Å²) in [4.78, 5) is 0. The fourth-order valence-corrected chi connectivity index (χ4v) is 2.34. The van der Waals surface area contributed by atoms with Gasteiger partial charge >= 0.3 is 0 Å². The maximum absolute atomic E-state index is 3.60. The molecule has 0 bridgehead atoms. The molecule has 12 heavy (non-hydrogen) atoms. The van der Waals surface area contributed by atoms with Crippen LogP contribution in [-0.2, 0) is 0 Å². The van der Waals surface area contributed by atoms with E-state index in [1.807, 2.05) is 0 Å². The number of hydrogen-bond acceptors (Lipinski definition) is 1. The van der Waals surface area contributed by atoms with Crippen LogP contribution in [0.25, 0.3) is 0 Å². The Bertz CT molecular complexity index is 130. The van der Waals surface area contributed by atoms with E-state index in [1.165, 1.54) is 32.2 Å². The van der Waals surface area contributed by atoms with Crippen molar-refractivity contribution in [1.29, 1.82) is 0 Å². The van der Waals surface area contributed by atoms with Gasteiger partial charge in [-0.15, -0.1) is 0 Å². The van der Waals surface area contributed by atoms with Crippen molar-refractivity contribution in [2.45, 2.75) is 45.1 Å². The summed E-state index contributed by atoms with van der Waals surface area (Å²) in [6.45, 7) is 5.76. The zero-order valence-electron chi connectivity index (χ0n) is 8.20. The first-order valence-corrected chi connectivity index (χ1v) is 6.07. The van der Waals surface area contributed by atoms with Crippen molar-refractivity contribution in [3.8, 4) is 0 Å². The molecule has 0 heterocycles. The first-order chi connectivity index (χ1) is 5.64. The fourth-order valence-electron chi connectivity index (χ4n) is 1.35. The smallest absolute Gasteiger partial charge is 0.0133 e. The Hall–Kier alpha value is 0.440. The predicted molar refractivity (Wildman–Crippen MR) is 57.8 cm³/mol. The molecule has 0 atom stereocenters. The van der Waals surface area contributed by atoms with Gasteiger partial charge in [0.2, 0.25) is 0 Å². The third-order valence-corrected chi connectivity index (χ3v) is 2.97. The van der Waals surface area contributed by atoms with E-state index in [9.17, 15) is 0 Å². The summed E-state index contributed by atoms with van der Waals surface area (Å²) in [7, 11) is 0. The van der Waals surface area contributed by atoms with Crippen LogP contribution in [0.15, 0.2) is 0 Å². The molecule has 2 heteroatoms. The zero-order valence-corrected chi connectivity index (χ0v) is 9.78. The lowest BCUT2D eigenvalue weighted by atomic mass is 10.0. The molecule has 0 aromatic carbocycles. The molecule has 1 fully saturated rings. The average Bonchev–Trinajstić information content (AvgIpc) is 2.70. The Morgan fingerprint density at radius 1 is 1.42 bits per heavy atom. The summed E-state index contributed by atoms with van der Waals surface area (Å²) in [5, 5.41) is 4.69. The molecule has 1 saturated carbocycles. The third-order valence-electron chi connectivity index (χ3n) is 2.57. The summed E-state index contributed by atoms with van der Waals surface area (Å²) in [5.74, 6) is 1.05. The summed E-state index contributed by atoms with van der Waals surface area (Å²) < 4.78 is 0. The van der Waals surface area contributed by atoms with Gasteiger partial charge in [-0.3, -0.25) is 0 Å². The number of hydrogen-bond donors (Lipinski definition) is 1. The lowest BCUT2D eigenvalue weighted by Crippen LogP contribution is -2.40. The second-order valence-electron chi connectivity index (χ2n) is 4.48. The maximum atomic E-state index is 3.60. The molecular weight excluding hydrogens is 214 g/mol. The fraction of sp³-hybridized carbons (Fsp3) is 1.00. The quantitative estimate of drug-likeness (QED) is 0.697. The van der Waals surface area contributed by atoms with Gasteiger partial charge in [-0.05, 0) is 39.2 Å². The first-order valence-electron chi connectivity index (χ1n) is 4.95. The van der Waals surface area contributed by atoms with Gasteiger partial charge in [0.25, 0.3) is 0 Å². The van der Waals surface area contributed by atoms with Crippen LogP contribution in [0.4, 0.5) is 0 Å². The lowest BCUT2D eigenvalue weighted by molar-refractivity contribution is 0.373. The van der Waals surface area contributed by atoms with Crippen molar-refractivity contribution >= 4 is 15.9 Å². The summed E-state index contributed by atoms with van der Waals surface area (Å²) in [5.41, 5.74) is 0.318. The van der Waals surface area contributed by atoms with E-state index in [4.69, 9.17) is 0 Å². The molecule has 0 unspecified atom stereocenters. The van der Waals surface area contributed by atoms with Gasteiger partial charge in [0.1, 0.15) is 0 Å². The Morgan fingerprint density at radius 2 is 2.08 bits per heavy atom. The number of nitrogens with one attached hydrogen (secondary N) is 1. The van der Waals surface area contributed by atoms with Crippen LogP contribution in [0.1, 0.15) is 39.5 Å². The Kier molecular flexibility index (Phi) is 4.04. The van der Waals surface area contributed by atoms with Crippen LogP contribution < -0.4 is 5.32 Å². The lowest BCUT2D eigenvalue weighted by Gasteiger charge is -2.25. The van der Waals surface area contributed by atoms with Crippen molar-refractivity contribution < 1.29 is 0 Å². The molecule has 0 saturated heterocycles. The molecule has 1 rings (SSSR count). The van der Waals surface area contributed by atoms with Gasteiger partial charge in [-0.2, -0.15) is 0 Å². The second kappa shape index (κ2) is 4.61. The molecular formula is C10H20BrN. The van der Waals surface area contributed by atoms with Crippen molar-refractivity contribution in [1.82, 2.24) is 5.32 Å². The minimum atomic E-state index is 0.318. The second-order valence-corrected chi connectivity index (χ2v) is 5.27. The highest BCUT2D eigenvalue weighted by atomic mass is 79.9. The van der Waals surface area contributed by atoms with Gasteiger partial charge in [0, 0.05) is 10.9 Å². The van der Waals surface area contributed by atoms with Crippen LogP contribution in [0, 0.1) is 5.92 Å². The highest BCUT2D eigenvalue weighted by Gasteiger charge is 2.22. The molecule has 0 aromatic heterocycles. The number of alkyl halides is 1. The van der Waals surface area contributed by atoms with E-state index >= 15 is 0 Å². The van der Waals surface area contributed by atoms with Crippen LogP contribution in [-0.4, -0.2) is 17.4 Å². The van der Waals surface area contributed by atoms with E-state index in [2.05, 4.69) is 35.1 Å². The van der Waals surface area contributed by atoms with Crippen LogP contribution in [0.5, 0.6) is 0 Å². The Morgan fingerprint density at radius 3 is 2.58 bits per heavy atom. The minimum Gasteiger partial charge on any atom is -0.312 e. The number of halogens is 1. The van der Waals surface area contributed by atoms with Gasteiger partial charge in [0.05, 0.1) is 0 Å². The third kappa shape index (κ3) is 4.46. The Balaban J connectivity index is 2.01. The zero-order chi connectivity index (χ0) is 9.03. The van der Waals surface area contributed by atoms with Crippen molar-refractivity contribution in [3.05, 3.63) is 0 Å². The molecule has 1 aliphatic carbocycles. The SMILES string of the molecule is CC(C)(CCBr)NCCC1CC1. The number of rotatable bonds is 6. The molecule has 1 nitrogen and oxygen atoms in total. The minimum absolute atomic E-state index is 0.318. The molecule has 0 spiro atoms. The van der Waals surface area contributed by atoms with Gasteiger partial charge in [-0.25, -0.2) is 0 Å². The summed E-state index contributed by atoms with van der Waals surface area (Å²) in [6, 6.07) is 0. The van der Waals surface area contributed by atoms with Crippen LogP contribution in [0.3, 0.4) is 0 Å². The largest absolute Gasteiger partial charge is 0.312 e. The summed E-state index contributed by atoms with van der Waals surface area (Å²) >= 11 is 3.48. The predicted octanol–water partition coefficient (Wildman–Crippen LogP) is 2.94. The van der Waals surface area contributed by atoms with Crippen molar-refractivity contribution in [2.75, 3.05) is 11.9 Å². The molecule has 0 amide bonds. The highest BCUT2D eigenvalue weighted by Crippen LogP contribution is 2.31. The van der Waals surface area contributed by atoms with Crippen LogP contribution in [0.2, 0.25) is 0 Å². The summed E-state index contributed by atoms with van der Waals surface area (Å²) in [6.07, 6.45) is 5.53. The normalized spacial score (nSPS) is 18.2. The van der Waals surface area contributed by atoms with E-state index in [1.54, 1.807) is 0 Å². The Labute approximate surface area is 84.4 Å². The van der Waals surface area contributed by atoms with Gasteiger partial charge in [0.15, 0.2) is 0 Å². The standard InChI is InChI=1S/C10H20BrN/c1-10(2,6-7-11)12-8-5-9-3-4-9/h9,12H,3-8H2,1-2H3. The van der Waals surface area contributed by atoms with Gasteiger partial charge < -0.3 is 5.32 Å². The van der Waals surface area contributed by atoms with E-state index in [-0.39, 0.29) is 0 Å². The van der Waals surface area contributed by atoms with Crippen molar-refractivity contribution in [3.63, 3.8) is 0 Å². The molecule has 1 N–H and O–H groups in total. The average molecular weight is 234 g/mol. The van der Waals surface area contributed by atoms with E-state index < -0.39 is 0 Å². The van der Waals surface area contributed by atoms with Gasteiger partial charge in [-0.1, -0.05) is 28.8 Å². The molecule has 0 radical (unpaired) electrons. The molecule has 72 valence electrons.